The number of aliphatic carboxylic acids is 1. The van der Waals surface area contributed by atoms with Crippen LogP contribution in [0.5, 0.6) is 0 Å². The number of nitrogens with zero attached hydrogens (tertiary/aromatic N) is 1. The molecule has 0 aliphatic heterocycles. The predicted octanol–water partition coefficient (Wildman–Crippen LogP) is 1.25. The smallest absolute Gasteiger partial charge is 0.307 e. The summed E-state index contributed by atoms with van der Waals surface area (Å²) in [6.07, 6.45) is 0.280. The minimum atomic E-state index is -1.02. The molecule has 0 heterocycles. The van der Waals surface area contributed by atoms with Crippen LogP contribution in [0.2, 0.25) is 0 Å². The van der Waals surface area contributed by atoms with Crippen molar-refractivity contribution in [1.29, 1.82) is 0 Å². The van der Waals surface area contributed by atoms with Crippen molar-refractivity contribution in [3.63, 3.8) is 0 Å². The molecule has 7 nitrogen and oxygen atoms in total. The summed E-state index contributed by atoms with van der Waals surface area (Å²) < 4.78 is 0. The van der Waals surface area contributed by atoms with Crippen molar-refractivity contribution in [3.8, 4) is 0 Å². The third-order valence-corrected chi connectivity index (χ3v) is 2.80. The van der Waals surface area contributed by atoms with Gasteiger partial charge in [-0.05, 0) is 12.5 Å². The number of nitro groups is 1. The minimum absolute atomic E-state index is 0.0866. The average Bonchev–Trinajstić information content (AvgIpc) is 3.09. The molecule has 1 amide bonds. The topological polar surface area (TPSA) is 110 Å². The van der Waals surface area contributed by atoms with E-state index in [9.17, 15) is 19.7 Å². The van der Waals surface area contributed by atoms with Crippen LogP contribution in [-0.4, -0.2) is 21.9 Å². The van der Waals surface area contributed by atoms with Gasteiger partial charge in [-0.3, -0.25) is 19.7 Å². The largest absolute Gasteiger partial charge is 0.481 e. The van der Waals surface area contributed by atoms with Crippen molar-refractivity contribution < 1.29 is 19.6 Å². The number of anilines is 1. The quantitative estimate of drug-likeness (QED) is 0.617. The van der Waals surface area contributed by atoms with Crippen molar-refractivity contribution in [2.24, 2.45) is 11.8 Å². The average molecular weight is 250 g/mol. The number of para-hydroxylation sites is 2. The van der Waals surface area contributed by atoms with Crippen LogP contribution in [0.15, 0.2) is 24.3 Å². The Morgan fingerprint density at radius 1 is 1.33 bits per heavy atom. The summed E-state index contributed by atoms with van der Waals surface area (Å²) in [5.74, 6) is -2.77. The number of hydrogen-bond donors (Lipinski definition) is 2. The molecule has 1 aromatic carbocycles. The molecule has 94 valence electrons. The molecule has 0 spiro atoms. The zero-order chi connectivity index (χ0) is 13.3. The maximum atomic E-state index is 11.7. The lowest BCUT2D eigenvalue weighted by atomic mass is 10.2. The summed E-state index contributed by atoms with van der Waals surface area (Å²) in [6.45, 7) is 0. The molecule has 2 atom stereocenters. The number of carboxylic acid groups (broad SMARTS) is 1. The Kier molecular flexibility index (Phi) is 2.97. The van der Waals surface area contributed by atoms with Crippen molar-refractivity contribution in [3.05, 3.63) is 34.4 Å². The lowest BCUT2D eigenvalue weighted by molar-refractivity contribution is -0.383. The van der Waals surface area contributed by atoms with E-state index in [2.05, 4.69) is 5.32 Å². The van der Waals surface area contributed by atoms with Gasteiger partial charge in [-0.2, -0.15) is 0 Å². The van der Waals surface area contributed by atoms with E-state index in [1.54, 1.807) is 6.07 Å². The van der Waals surface area contributed by atoms with Gasteiger partial charge in [0, 0.05) is 6.07 Å². The summed E-state index contributed by atoms with van der Waals surface area (Å²) in [5, 5.41) is 21.8. The molecule has 0 radical (unpaired) electrons. The van der Waals surface area contributed by atoms with E-state index in [4.69, 9.17) is 5.11 Å². The first-order valence-corrected chi connectivity index (χ1v) is 5.28. The first kappa shape index (κ1) is 12.0. The predicted molar refractivity (Wildman–Crippen MR) is 61.0 cm³/mol. The number of nitrogens with one attached hydrogen (secondary N) is 1. The van der Waals surface area contributed by atoms with E-state index in [0.717, 1.165) is 0 Å². The second-order valence-electron chi connectivity index (χ2n) is 4.05. The molecule has 7 heteroatoms. The Bertz CT molecular complexity index is 528. The van der Waals surface area contributed by atoms with E-state index in [0.29, 0.717) is 0 Å². The van der Waals surface area contributed by atoms with Gasteiger partial charge in [0.15, 0.2) is 0 Å². The summed E-state index contributed by atoms with van der Waals surface area (Å²) in [4.78, 5) is 32.4. The van der Waals surface area contributed by atoms with Gasteiger partial charge in [-0.25, -0.2) is 0 Å². The molecule has 0 bridgehead atoms. The minimum Gasteiger partial charge on any atom is -0.481 e. The molecule has 1 aromatic rings. The standard InChI is InChI=1S/C11H10N2O5/c14-10(6-5-7(6)11(15)16)12-8-3-1-2-4-9(8)13(17)18/h1-4,6-7H,5H2,(H,12,14)(H,15,16). The van der Waals surface area contributed by atoms with Gasteiger partial charge < -0.3 is 10.4 Å². The SMILES string of the molecule is O=C(O)C1CC1C(=O)Nc1ccccc1[N+](=O)[O-]. The molecule has 1 fully saturated rings. The zero-order valence-corrected chi connectivity index (χ0v) is 9.20. The Balaban J connectivity index is 2.09. The number of nitro benzene ring substituents is 1. The summed E-state index contributed by atoms with van der Waals surface area (Å²) >= 11 is 0. The van der Waals surface area contributed by atoms with Gasteiger partial charge in [0.25, 0.3) is 5.69 Å². The highest BCUT2D eigenvalue weighted by Crippen LogP contribution is 2.40. The first-order chi connectivity index (χ1) is 8.50. The van der Waals surface area contributed by atoms with E-state index in [-0.39, 0.29) is 17.8 Å². The van der Waals surface area contributed by atoms with Crippen LogP contribution in [0, 0.1) is 22.0 Å². The van der Waals surface area contributed by atoms with Gasteiger partial charge in [-0.15, -0.1) is 0 Å². The molecule has 0 aromatic heterocycles. The molecule has 1 saturated carbocycles. The highest BCUT2D eigenvalue weighted by atomic mass is 16.6. The molecule has 0 saturated heterocycles. The molecule has 18 heavy (non-hydrogen) atoms. The fourth-order valence-corrected chi connectivity index (χ4v) is 1.72. The molecule has 1 aliphatic carbocycles. The van der Waals surface area contributed by atoms with E-state index >= 15 is 0 Å². The number of carbonyl (C=O) groups excluding carboxylic acids is 1. The van der Waals surface area contributed by atoms with Gasteiger partial charge in [0.2, 0.25) is 5.91 Å². The Labute approximate surface area is 102 Å². The van der Waals surface area contributed by atoms with Crippen LogP contribution in [-0.2, 0) is 9.59 Å². The molecular weight excluding hydrogens is 240 g/mol. The molecule has 2 rings (SSSR count). The number of rotatable bonds is 4. The normalized spacial score (nSPS) is 21.1. The van der Waals surface area contributed by atoms with Gasteiger partial charge in [0.1, 0.15) is 5.69 Å². The van der Waals surface area contributed by atoms with Crippen LogP contribution in [0.3, 0.4) is 0 Å². The first-order valence-electron chi connectivity index (χ1n) is 5.28. The number of amides is 1. The van der Waals surface area contributed by atoms with Crippen LogP contribution in [0.25, 0.3) is 0 Å². The van der Waals surface area contributed by atoms with Crippen molar-refractivity contribution in [2.45, 2.75) is 6.42 Å². The molecule has 2 unspecified atom stereocenters. The zero-order valence-electron chi connectivity index (χ0n) is 9.20. The maximum absolute atomic E-state index is 11.7. The summed E-state index contributed by atoms with van der Waals surface area (Å²) in [6, 6.07) is 5.74. The monoisotopic (exact) mass is 250 g/mol. The second-order valence-corrected chi connectivity index (χ2v) is 4.05. The van der Waals surface area contributed by atoms with Gasteiger partial charge >= 0.3 is 5.97 Å². The van der Waals surface area contributed by atoms with Gasteiger partial charge in [0.05, 0.1) is 16.8 Å². The van der Waals surface area contributed by atoms with Crippen LogP contribution in [0.4, 0.5) is 11.4 Å². The van der Waals surface area contributed by atoms with Crippen LogP contribution < -0.4 is 5.32 Å². The van der Waals surface area contributed by atoms with Crippen molar-refractivity contribution in [1.82, 2.24) is 0 Å². The van der Waals surface area contributed by atoms with E-state index < -0.39 is 28.6 Å². The number of hydrogen-bond acceptors (Lipinski definition) is 4. The number of benzene rings is 1. The van der Waals surface area contributed by atoms with Gasteiger partial charge in [-0.1, -0.05) is 12.1 Å². The summed E-state index contributed by atoms with van der Waals surface area (Å²) in [7, 11) is 0. The molecule has 1 aliphatic rings. The summed E-state index contributed by atoms with van der Waals surface area (Å²) in [5.41, 5.74) is -0.123. The third-order valence-electron chi connectivity index (χ3n) is 2.80. The Morgan fingerprint density at radius 2 is 2.00 bits per heavy atom. The molecular formula is C11H10N2O5. The lowest BCUT2D eigenvalue weighted by Gasteiger charge is -2.04. The lowest BCUT2D eigenvalue weighted by Crippen LogP contribution is -2.17. The Morgan fingerprint density at radius 3 is 2.56 bits per heavy atom. The van der Waals surface area contributed by atoms with Crippen LogP contribution in [0.1, 0.15) is 6.42 Å². The highest BCUT2D eigenvalue weighted by molar-refractivity contribution is 5.99. The van der Waals surface area contributed by atoms with E-state index in [1.165, 1.54) is 18.2 Å². The van der Waals surface area contributed by atoms with Crippen LogP contribution >= 0.6 is 0 Å². The molecule has 2 N–H and O–H groups in total. The Hall–Kier alpha value is -2.44. The fourth-order valence-electron chi connectivity index (χ4n) is 1.72. The highest BCUT2D eigenvalue weighted by Gasteiger charge is 2.48. The number of carboxylic acids is 1. The second kappa shape index (κ2) is 4.44. The van der Waals surface area contributed by atoms with Crippen molar-refractivity contribution in [2.75, 3.05) is 5.32 Å². The maximum Gasteiger partial charge on any atom is 0.307 e. The number of carbonyl (C=O) groups is 2. The van der Waals surface area contributed by atoms with Crippen molar-refractivity contribution >= 4 is 23.3 Å². The third kappa shape index (κ3) is 2.29. The van der Waals surface area contributed by atoms with E-state index in [1.807, 2.05) is 0 Å². The fraction of sp³-hybridized carbons (Fsp3) is 0.273.